The predicted molar refractivity (Wildman–Crippen MR) is 185 cm³/mol. The van der Waals surface area contributed by atoms with Crippen LogP contribution in [0.5, 0.6) is 0 Å². The van der Waals surface area contributed by atoms with Crippen LogP contribution in [0.25, 0.3) is 0 Å². The molecule has 10 N–H and O–H groups in total. The van der Waals surface area contributed by atoms with Gasteiger partial charge >= 0.3 is 5.97 Å². The van der Waals surface area contributed by atoms with Crippen LogP contribution >= 0.6 is 0 Å². The first-order chi connectivity index (χ1) is 25.9. The highest BCUT2D eigenvalue weighted by molar-refractivity contribution is 5.77. The molecule has 0 amide bonds. The summed E-state index contributed by atoms with van der Waals surface area (Å²) < 4.78 is 35.8. The van der Waals surface area contributed by atoms with Crippen LogP contribution in [0, 0.1) is 28.1 Å². The van der Waals surface area contributed by atoms with Crippen molar-refractivity contribution in [1.29, 1.82) is 0 Å². The van der Waals surface area contributed by atoms with Gasteiger partial charge in [0.2, 0.25) is 6.29 Å². The fourth-order valence-corrected chi connectivity index (χ4v) is 12.0. The quantitative estimate of drug-likeness (QED) is 0.0730. The minimum atomic E-state index is -1.70. The van der Waals surface area contributed by atoms with E-state index in [0.717, 1.165) is 24.8 Å². The summed E-state index contributed by atoms with van der Waals surface area (Å²) in [5.74, 6) is -0.536. The van der Waals surface area contributed by atoms with E-state index in [1.807, 2.05) is 6.92 Å². The van der Waals surface area contributed by atoms with Crippen LogP contribution in [0.2, 0.25) is 0 Å². The number of hydrogen-bond acceptors (Lipinski definition) is 17. The summed E-state index contributed by atoms with van der Waals surface area (Å²) in [7, 11) is 0. The second kappa shape index (κ2) is 15.0. The second-order valence-corrected chi connectivity index (χ2v) is 18.0. The van der Waals surface area contributed by atoms with Gasteiger partial charge in [-0.2, -0.15) is 0 Å². The summed E-state index contributed by atoms with van der Waals surface area (Å²) in [6.07, 6.45) is -16.2. The van der Waals surface area contributed by atoms with E-state index in [1.165, 1.54) is 6.92 Å². The van der Waals surface area contributed by atoms with Crippen molar-refractivity contribution in [2.75, 3.05) is 13.2 Å². The van der Waals surface area contributed by atoms with Crippen LogP contribution in [0.3, 0.4) is 0 Å². The molecule has 4 aliphatic carbocycles. The molecule has 0 aromatic carbocycles. The molecular weight excluding hydrogens is 728 g/mol. The van der Waals surface area contributed by atoms with Crippen molar-refractivity contribution < 1.29 is 84.3 Å². The average Bonchev–Trinajstić information content (AvgIpc) is 3.35. The Labute approximate surface area is 319 Å². The van der Waals surface area contributed by atoms with Crippen molar-refractivity contribution in [3.8, 4) is 0 Å². The van der Waals surface area contributed by atoms with Crippen molar-refractivity contribution >= 4 is 5.97 Å². The zero-order valence-electron chi connectivity index (χ0n) is 31.6. The van der Waals surface area contributed by atoms with Crippen molar-refractivity contribution in [1.82, 2.24) is 0 Å². The highest BCUT2D eigenvalue weighted by Crippen LogP contribution is 2.73. The average molecular weight is 789 g/mol. The lowest BCUT2D eigenvalue weighted by Gasteiger charge is -2.64. The first-order valence-electron chi connectivity index (χ1n) is 19.7. The molecule has 7 rings (SSSR count). The molecule has 2 bridgehead atoms. The summed E-state index contributed by atoms with van der Waals surface area (Å²) >= 11 is 0. The maximum atomic E-state index is 14.1. The van der Waals surface area contributed by atoms with E-state index < -0.39 is 122 Å². The van der Waals surface area contributed by atoms with E-state index >= 15 is 0 Å². The number of rotatable bonds is 8. The second-order valence-electron chi connectivity index (χ2n) is 18.0. The highest BCUT2D eigenvalue weighted by atomic mass is 16.8. The van der Waals surface area contributed by atoms with Crippen LogP contribution in [-0.2, 0) is 33.2 Å². The van der Waals surface area contributed by atoms with E-state index in [-0.39, 0.29) is 22.7 Å². The van der Waals surface area contributed by atoms with Gasteiger partial charge in [0.15, 0.2) is 12.6 Å². The Bertz CT molecular complexity index is 1430. The molecule has 7 fully saturated rings. The number of aliphatic hydroxyl groups is 10. The standard InChI is InChI=1S/C38H60O17/c1-16-12-37-10-6-20-35(3,8-5-9-36(20,4)34(49)54-32-29(48)26(45)23(42)18(13-39)51-32)21(37)7-11-38(16,15-37)55-33-30(27(46)24(43)19(14-40)52-33)53-31-28(47)25(44)22(41)17(2)50-31/h17-33,39-48H,1,5-15H2,2-4H3/t17-,18+,19+,20+,21+,22-,23+,24+,25+,26-,27-,28+,29+,30+,31-,32-,33-,35-,36?,37-,38-/m0/s1. The normalized spacial score (nSPS) is 55.4. The van der Waals surface area contributed by atoms with Gasteiger partial charge < -0.3 is 79.5 Å². The molecule has 17 nitrogen and oxygen atoms in total. The maximum absolute atomic E-state index is 14.1. The largest absolute Gasteiger partial charge is 0.432 e. The van der Waals surface area contributed by atoms with E-state index in [0.29, 0.717) is 38.5 Å². The van der Waals surface area contributed by atoms with Crippen molar-refractivity contribution in [2.45, 2.75) is 176 Å². The zero-order valence-corrected chi connectivity index (χ0v) is 31.6. The Morgan fingerprint density at radius 3 is 2.00 bits per heavy atom. The minimum absolute atomic E-state index is 0.108. The molecule has 17 heteroatoms. The van der Waals surface area contributed by atoms with Gasteiger partial charge in [0.1, 0.15) is 67.1 Å². The molecule has 0 aromatic heterocycles. The van der Waals surface area contributed by atoms with Gasteiger partial charge in [0.25, 0.3) is 0 Å². The van der Waals surface area contributed by atoms with E-state index in [9.17, 15) is 55.9 Å². The van der Waals surface area contributed by atoms with Gasteiger partial charge in [-0.05, 0) is 93.5 Å². The van der Waals surface area contributed by atoms with Crippen molar-refractivity contribution in [3.63, 3.8) is 0 Å². The molecule has 0 radical (unpaired) electrons. The third-order valence-corrected chi connectivity index (χ3v) is 14.9. The Kier molecular flexibility index (Phi) is 11.4. The van der Waals surface area contributed by atoms with Gasteiger partial charge in [-0.15, -0.1) is 0 Å². The minimum Gasteiger partial charge on any atom is -0.432 e. The number of fused-ring (bicyclic) bond motifs is 3. The smallest absolute Gasteiger partial charge is 0.314 e. The zero-order chi connectivity index (χ0) is 40.0. The van der Waals surface area contributed by atoms with Crippen LogP contribution in [-0.4, -0.2) is 168 Å². The summed E-state index contributed by atoms with van der Waals surface area (Å²) in [4.78, 5) is 14.1. The Morgan fingerprint density at radius 2 is 1.33 bits per heavy atom. The van der Waals surface area contributed by atoms with Crippen molar-refractivity contribution in [2.24, 2.45) is 28.1 Å². The lowest BCUT2D eigenvalue weighted by atomic mass is 9.41. The SMILES string of the molecule is C=C1C[C@]23CC[C@H]4C(C)(C(=O)O[C@@H]5O[C@H](CO)[C@@H](O)[C@H](O)[C@H]5O)CCC[C@]4(C)[C@H]2CC[C@]1(O[C@@H]1O[C@H](CO)[C@@H](O)[C@H](O)[C@H]1O[C@@H]1O[C@@H](C)[C@H](O)[C@@H](O)[C@H]1O)C3. The Morgan fingerprint density at radius 1 is 0.727 bits per heavy atom. The molecule has 3 heterocycles. The lowest BCUT2D eigenvalue weighted by molar-refractivity contribution is -0.376. The summed E-state index contributed by atoms with van der Waals surface area (Å²) in [6, 6.07) is 0. The molecule has 3 saturated heterocycles. The van der Waals surface area contributed by atoms with Crippen LogP contribution < -0.4 is 0 Å². The Hall–Kier alpha value is -1.39. The van der Waals surface area contributed by atoms with Crippen molar-refractivity contribution in [3.05, 3.63) is 12.2 Å². The maximum Gasteiger partial charge on any atom is 0.314 e. The number of hydrogen-bond donors (Lipinski definition) is 10. The molecular formula is C38H60O17. The molecule has 0 aromatic rings. The molecule has 314 valence electrons. The molecule has 1 unspecified atom stereocenters. The molecule has 55 heavy (non-hydrogen) atoms. The van der Waals surface area contributed by atoms with Gasteiger partial charge in [-0.1, -0.05) is 19.9 Å². The molecule has 7 aliphatic rings. The fourth-order valence-electron chi connectivity index (χ4n) is 12.0. The first-order valence-corrected chi connectivity index (χ1v) is 19.7. The van der Waals surface area contributed by atoms with E-state index in [4.69, 9.17) is 28.4 Å². The first kappa shape index (κ1) is 41.8. The van der Waals surface area contributed by atoms with E-state index in [1.54, 1.807) is 0 Å². The number of esters is 1. The highest BCUT2D eigenvalue weighted by Gasteiger charge is 2.69. The van der Waals surface area contributed by atoms with Crippen LogP contribution in [0.15, 0.2) is 12.2 Å². The van der Waals surface area contributed by atoms with Gasteiger partial charge in [-0.3, -0.25) is 4.79 Å². The summed E-state index contributed by atoms with van der Waals surface area (Å²) in [5, 5.41) is 104. The lowest BCUT2D eigenvalue weighted by Crippen LogP contribution is -2.65. The van der Waals surface area contributed by atoms with Crippen LogP contribution in [0.4, 0.5) is 0 Å². The number of ether oxygens (including phenoxy) is 6. The number of carbonyl (C=O) groups is 1. The fraction of sp³-hybridized carbons (Fsp3) is 0.921. The van der Waals surface area contributed by atoms with Gasteiger partial charge in [0.05, 0.1) is 30.3 Å². The topological polar surface area (TPSA) is 275 Å². The third-order valence-electron chi connectivity index (χ3n) is 14.9. The molecule has 1 spiro atoms. The predicted octanol–water partition coefficient (Wildman–Crippen LogP) is -1.91. The molecule has 4 saturated carbocycles. The summed E-state index contributed by atoms with van der Waals surface area (Å²) in [5.41, 5.74) is -1.66. The van der Waals surface area contributed by atoms with E-state index in [2.05, 4.69) is 13.5 Å². The monoisotopic (exact) mass is 788 g/mol. The van der Waals surface area contributed by atoms with Gasteiger partial charge in [-0.25, -0.2) is 0 Å². The van der Waals surface area contributed by atoms with Gasteiger partial charge in [0, 0.05) is 0 Å². The Balaban J connectivity index is 1.10. The number of aliphatic hydroxyl groups excluding tert-OH is 10. The number of carbonyl (C=O) groups excluding carboxylic acids is 1. The summed E-state index contributed by atoms with van der Waals surface area (Å²) in [6.45, 7) is 8.81. The molecule has 3 aliphatic heterocycles. The van der Waals surface area contributed by atoms with Crippen LogP contribution in [0.1, 0.15) is 78.6 Å². The molecule has 21 atom stereocenters. The third kappa shape index (κ3) is 6.63.